The molecule has 1 heterocycles. The maximum absolute atomic E-state index is 5.16. The second-order valence-corrected chi connectivity index (χ2v) is 2.49. The standard InChI is InChI=1S/C7H6S/c1-3-7-6(2)4-5-8-7/h1,4-5H,2H3. The zero-order valence-electron chi connectivity index (χ0n) is 4.64. The number of hydrogen-bond donors (Lipinski definition) is 0. The summed E-state index contributed by atoms with van der Waals surface area (Å²) in [6.45, 7) is 2.02. The van der Waals surface area contributed by atoms with E-state index in [9.17, 15) is 0 Å². The smallest absolute Gasteiger partial charge is 0.0794 e. The lowest BCUT2D eigenvalue weighted by atomic mass is 10.3. The molecule has 0 aliphatic rings. The highest BCUT2D eigenvalue weighted by Crippen LogP contribution is 2.12. The van der Waals surface area contributed by atoms with Gasteiger partial charge in [0.1, 0.15) is 0 Å². The van der Waals surface area contributed by atoms with Crippen LogP contribution in [0.1, 0.15) is 10.4 Å². The third-order valence-corrected chi connectivity index (χ3v) is 1.94. The minimum absolute atomic E-state index is 1.05. The molecule has 1 aromatic rings. The van der Waals surface area contributed by atoms with E-state index in [1.54, 1.807) is 11.3 Å². The van der Waals surface area contributed by atoms with E-state index in [1.165, 1.54) is 5.56 Å². The van der Waals surface area contributed by atoms with Gasteiger partial charge in [0.15, 0.2) is 0 Å². The van der Waals surface area contributed by atoms with Crippen LogP contribution in [-0.2, 0) is 0 Å². The van der Waals surface area contributed by atoms with Crippen LogP contribution in [0.2, 0.25) is 0 Å². The minimum atomic E-state index is 1.05. The Morgan fingerprint density at radius 2 is 2.50 bits per heavy atom. The lowest BCUT2D eigenvalue weighted by Gasteiger charge is -1.79. The highest BCUT2D eigenvalue weighted by molar-refractivity contribution is 7.10. The molecule has 0 fully saturated rings. The van der Waals surface area contributed by atoms with Crippen molar-refractivity contribution in [2.45, 2.75) is 6.92 Å². The second kappa shape index (κ2) is 2.02. The summed E-state index contributed by atoms with van der Waals surface area (Å²) in [5, 5.41) is 2.00. The number of rotatable bonds is 0. The fourth-order valence-corrected chi connectivity index (χ4v) is 1.25. The zero-order valence-corrected chi connectivity index (χ0v) is 5.46. The molecule has 0 amide bonds. The summed E-state index contributed by atoms with van der Waals surface area (Å²) in [6.07, 6.45) is 5.16. The van der Waals surface area contributed by atoms with E-state index in [0.717, 1.165) is 4.88 Å². The zero-order chi connectivity index (χ0) is 5.98. The predicted octanol–water partition coefficient (Wildman–Crippen LogP) is 2.04. The van der Waals surface area contributed by atoms with Gasteiger partial charge in [0.25, 0.3) is 0 Å². The Hall–Kier alpha value is -0.740. The average Bonchev–Trinajstić information content (AvgIpc) is 2.14. The molecule has 0 bridgehead atoms. The van der Waals surface area contributed by atoms with Gasteiger partial charge < -0.3 is 0 Å². The molecule has 0 unspecified atom stereocenters. The summed E-state index contributed by atoms with van der Waals surface area (Å²) in [4.78, 5) is 1.05. The van der Waals surface area contributed by atoms with Gasteiger partial charge in [0, 0.05) is 0 Å². The highest BCUT2D eigenvalue weighted by Gasteiger charge is 1.90. The van der Waals surface area contributed by atoms with Crippen molar-refractivity contribution in [2.75, 3.05) is 0 Å². The van der Waals surface area contributed by atoms with Crippen molar-refractivity contribution in [3.63, 3.8) is 0 Å². The van der Waals surface area contributed by atoms with Gasteiger partial charge in [-0.15, -0.1) is 17.8 Å². The van der Waals surface area contributed by atoms with Crippen LogP contribution >= 0.6 is 11.3 Å². The van der Waals surface area contributed by atoms with Crippen molar-refractivity contribution >= 4 is 11.3 Å². The second-order valence-electron chi connectivity index (χ2n) is 1.58. The van der Waals surface area contributed by atoms with E-state index in [4.69, 9.17) is 6.42 Å². The summed E-state index contributed by atoms with van der Waals surface area (Å²) >= 11 is 1.61. The number of thiophene rings is 1. The Kier molecular flexibility index (Phi) is 1.36. The van der Waals surface area contributed by atoms with Gasteiger partial charge in [-0.3, -0.25) is 0 Å². The quantitative estimate of drug-likeness (QED) is 0.462. The average molecular weight is 122 g/mol. The maximum Gasteiger partial charge on any atom is 0.0794 e. The van der Waals surface area contributed by atoms with E-state index in [-0.39, 0.29) is 0 Å². The van der Waals surface area contributed by atoms with Gasteiger partial charge in [-0.1, -0.05) is 5.92 Å². The Morgan fingerprint density at radius 3 is 2.75 bits per heavy atom. The molecule has 0 nitrogen and oxygen atoms in total. The fourth-order valence-electron chi connectivity index (χ4n) is 0.521. The van der Waals surface area contributed by atoms with Gasteiger partial charge in [-0.05, 0) is 23.9 Å². The molecule has 8 heavy (non-hydrogen) atoms. The molecular formula is C7H6S. The molecule has 0 saturated carbocycles. The van der Waals surface area contributed by atoms with Crippen molar-refractivity contribution in [1.29, 1.82) is 0 Å². The van der Waals surface area contributed by atoms with Gasteiger partial charge >= 0.3 is 0 Å². The van der Waals surface area contributed by atoms with E-state index >= 15 is 0 Å². The van der Waals surface area contributed by atoms with E-state index in [2.05, 4.69) is 5.92 Å². The van der Waals surface area contributed by atoms with Crippen molar-refractivity contribution in [2.24, 2.45) is 0 Å². The summed E-state index contributed by atoms with van der Waals surface area (Å²) in [5.41, 5.74) is 1.21. The lowest BCUT2D eigenvalue weighted by Crippen LogP contribution is -1.65. The van der Waals surface area contributed by atoms with Gasteiger partial charge in [-0.25, -0.2) is 0 Å². The fraction of sp³-hybridized carbons (Fsp3) is 0.143. The van der Waals surface area contributed by atoms with Crippen LogP contribution in [0, 0.1) is 19.3 Å². The van der Waals surface area contributed by atoms with E-state index in [0.29, 0.717) is 0 Å². The molecule has 0 atom stereocenters. The third kappa shape index (κ3) is 0.753. The highest BCUT2D eigenvalue weighted by atomic mass is 32.1. The van der Waals surface area contributed by atoms with Gasteiger partial charge in [0.2, 0.25) is 0 Å². The number of aryl methyl sites for hydroxylation is 1. The van der Waals surface area contributed by atoms with Crippen LogP contribution < -0.4 is 0 Å². The van der Waals surface area contributed by atoms with Crippen molar-refractivity contribution in [3.05, 3.63) is 21.9 Å². The molecule has 0 radical (unpaired) electrons. The molecule has 40 valence electrons. The van der Waals surface area contributed by atoms with Crippen LogP contribution in [0.4, 0.5) is 0 Å². The number of hydrogen-bond acceptors (Lipinski definition) is 1. The van der Waals surface area contributed by atoms with Gasteiger partial charge in [0.05, 0.1) is 4.88 Å². The van der Waals surface area contributed by atoms with Crippen molar-refractivity contribution < 1.29 is 0 Å². The normalized spacial score (nSPS) is 8.50. The SMILES string of the molecule is C#Cc1sccc1C. The Morgan fingerprint density at radius 1 is 1.75 bits per heavy atom. The minimum Gasteiger partial charge on any atom is -0.135 e. The molecule has 1 heteroatoms. The molecule has 0 N–H and O–H groups in total. The summed E-state index contributed by atoms with van der Waals surface area (Å²) < 4.78 is 0. The van der Waals surface area contributed by atoms with Crippen LogP contribution in [0.3, 0.4) is 0 Å². The number of terminal acetylenes is 1. The van der Waals surface area contributed by atoms with E-state index < -0.39 is 0 Å². The molecule has 1 rings (SSSR count). The van der Waals surface area contributed by atoms with Gasteiger partial charge in [-0.2, -0.15) is 0 Å². The summed E-state index contributed by atoms with van der Waals surface area (Å²) in [5.74, 6) is 2.59. The monoisotopic (exact) mass is 122 g/mol. The third-order valence-electron chi connectivity index (χ3n) is 0.993. The Labute approximate surface area is 53.2 Å². The molecule has 0 aromatic carbocycles. The first-order valence-corrected chi connectivity index (χ1v) is 3.23. The Bertz CT molecular complexity index is 215. The Balaban J connectivity index is 3.15. The largest absolute Gasteiger partial charge is 0.135 e. The first kappa shape index (κ1) is 5.40. The molecule has 0 saturated heterocycles. The maximum atomic E-state index is 5.16. The van der Waals surface area contributed by atoms with Crippen LogP contribution in [0.15, 0.2) is 11.4 Å². The predicted molar refractivity (Wildman–Crippen MR) is 37.0 cm³/mol. The van der Waals surface area contributed by atoms with E-state index in [1.807, 2.05) is 18.4 Å². The summed E-state index contributed by atoms with van der Waals surface area (Å²) in [7, 11) is 0. The van der Waals surface area contributed by atoms with Crippen LogP contribution in [-0.4, -0.2) is 0 Å². The van der Waals surface area contributed by atoms with Crippen LogP contribution in [0.25, 0.3) is 0 Å². The lowest BCUT2D eigenvalue weighted by molar-refractivity contribution is 1.53. The first-order valence-electron chi connectivity index (χ1n) is 2.35. The molecule has 1 aromatic heterocycles. The van der Waals surface area contributed by atoms with Crippen LogP contribution in [0.5, 0.6) is 0 Å². The molecule has 0 aliphatic heterocycles. The first-order chi connectivity index (χ1) is 3.84. The van der Waals surface area contributed by atoms with Crippen molar-refractivity contribution in [1.82, 2.24) is 0 Å². The topological polar surface area (TPSA) is 0 Å². The molecular weight excluding hydrogens is 116 g/mol. The molecule has 0 spiro atoms. The van der Waals surface area contributed by atoms with Crippen molar-refractivity contribution in [3.8, 4) is 12.3 Å². The summed E-state index contributed by atoms with van der Waals surface area (Å²) in [6, 6.07) is 2.03. The molecule has 0 aliphatic carbocycles.